The Morgan fingerprint density at radius 1 is 1.37 bits per heavy atom. The van der Waals surface area contributed by atoms with Crippen LogP contribution in [0.2, 0.25) is 0 Å². The summed E-state index contributed by atoms with van der Waals surface area (Å²) in [5.41, 5.74) is 0.629. The van der Waals surface area contributed by atoms with Crippen molar-refractivity contribution < 1.29 is 15.0 Å². The van der Waals surface area contributed by atoms with Gasteiger partial charge >= 0.3 is 5.97 Å². The van der Waals surface area contributed by atoms with Gasteiger partial charge in [0.1, 0.15) is 5.56 Å². The Kier molecular flexibility index (Phi) is 4.37. The van der Waals surface area contributed by atoms with Gasteiger partial charge in [-0.15, -0.1) is 0 Å². The minimum atomic E-state index is -0.989. The number of nitrogens with one attached hydrogen (secondary N) is 1. The molecule has 0 radical (unpaired) electrons. The third-order valence-corrected chi connectivity index (χ3v) is 3.95. The summed E-state index contributed by atoms with van der Waals surface area (Å²) in [4.78, 5) is 14.9. The first-order chi connectivity index (χ1) is 9.17. The summed E-state index contributed by atoms with van der Waals surface area (Å²) in [7, 11) is 0. The maximum Gasteiger partial charge on any atom is 0.339 e. The van der Waals surface area contributed by atoms with E-state index in [1.54, 1.807) is 12.3 Å². The van der Waals surface area contributed by atoms with Crippen molar-refractivity contribution in [3.05, 3.63) is 24.0 Å². The molecule has 0 aromatic carbocycles. The zero-order valence-corrected chi connectivity index (χ0v) is 10.9. The molecule has 104 valence electrons. The van der Waals surface area contributed by atoms with E-state index >= 15 is 0 Å². The molecule has 1 aliphatic rings. The largest absolute Gasteiger partial charge is 0.478 e. The van der Waals surface area contributed by atoms with Gasteiger partial charge in [-0.3, -0.25) is 4.98 Å². The van der Waals surface area contributed by atoms with Crippen LogP contribution in [-0.4, -0.2) is 34.3 Å². The van der Waals surface area contributed by atoms with Crippen molar-refractivity contribution >= 4 is 11.7 Å². The van der Waals surface area contributed by atoms with E-state index in [1.807, 2.05) is 0 Å². The molecule has 1 aliphatic carbocycles. The van der Waals surface area contributed by atoms with E-state index in [0.717, 1.165) is 25.7 Å². The van der Waals surface area contributed by atoms with E-state index in [1.165, 1.54) is 12.6 Å². The first-order valence-electron chi connectivity index (χ1n) is 6.69. The second kappa shape index (κ2) is 6.02. The summed E-state index contributed by atoms with van der Waals surface area (Å²) in [5.74, 6) is -0.989. The quantitative estimate of drug-likeness (QED) is 0.759. The number of rotatable bonds is 5. The molecular formula is C14H20N2O3. The van der Waals surface area contributed by atoms with Gasteiger partial charge in [0, 0.05) is 24.4 Å². The lowest BCUT2D eigenvalue weighted by Crippen LogP contribution is -2.35. The highest BCUT2D eigenvalue weighted by Gasteiger charge is 2.31. The highest BCUT2D eigenvalue weighted by Crippen LogP contribution is 2.36. The number of carboxylic acids is 1. The second-order valence-corrected chi connectivity index (χ2v) is 5.30. The van der Waals surface area contributed by atoms with Crippen molar-refractivity contribution in [1.82, 2.24) is 4.98 Å². The maximum atomic E-state index is 11.1. The molecule has 3 N–H and O–H groups in total. The van der Waals surface area contributed by atoms with Gasteiger partial charge in [-0.1, -0.05) is 19.3 Å². The molecule has 2 rings (SSSR count). The molecule has 0 amide bonds. The Morgan fingerprint density at radius 2 is 2.11 bits per heavy atom. The number of aliphatic hydroxyl groups excluding tert-OH is 1. The van der Waals surface area contributed by atoms with E-state index in [0.29, 0.717) is 12.2 Å². The Hall–Kier alpha value is -1.62. The average molecular weight is 264 g/mol. The lowest BCUT2D eigenvalue weighted by Gasteiger charge is -2.36. The van der Waals surface area contributed by atoms with Crippen molar-refractivity contribution in [2.75, 3.05) is 18.5 Å². The van der Waals surface area contributed by atoms with Crippen LogP contribution in [0, 0.1) is 5.41 Å². The van der Waals surface area contributed by atoms with Gasteiger partial charge in [-0.2, -0.15) is 0 Å². The van der Waals surface area contributed by atoms with E-state index < -0.39 is 5.97 Å². The molecule has 5 heteroatoms. The molecule has 1 heterocycles. The number of pyridine rings is 1. The fourth-order valence-electron chi connectivity index (χ4n) is 2.69. The second-order valence-electron chi connectivity index (χ2n) is 5.30. The number of aromatic carboxylic acids is 1. The SMILES string of the molecule is O=C(O)c1cnccc1NCC1(CO)CCCCC1. The van der Waals surface area contributed by atoms with Gasteiger partial charge in [0.05, 0.1) is 12.3 Å². The molecule has 1 saturated carbocycles. The van der Waals surface area contributed by atoms with Crippen LogP contribution in [0.25, 0.3) is 0 Å². The van der Waals surface area contributed by atoms with Crippen molar-refractivity contribution in [2.45, 2.75) is 32.1 Å². The molecule has 0 bridgehead atoms. The van der Waals surface area contributed by atoms with Crippen LogP contribution >= 0.6 is 0 Å². The van der Waals surface area contributed by atoms with Crippen molar-refractivity contribution in [3.63, 3.8) is 0 Å². The fourth-order valence-corrected chi connectivity index (χ4v) is 2.69. The summed E-state index contributed by atoms with van der Waals surface area (Å²) in [6, 6.07) is 1.66. The van der Waals surface area contributed by atoms with Gasteiger partial charge < -0.3 is 15.5 Å². The molecule has 5 nitrogen and oxygen atoms in total. The van der Waals surface area contributed by atoms with Crippen molar-refractivity contribution in [2.24, 2.45) is 5.41 Å². The van der Waals surface area contributed by atoms with Crippen LogP contribution in [0.15, 0.2) is 18.5 Å². The minimum absolute atomic E-state index is 0.114. The molecule has 1 aromatic heterocycles. The Bertz CT molecular complexity index is 442. The standard InChI is InChI=1S/C14H20N2O3/c17-10-14(5-2-1-3-6-14)9-16-12-4-7-15-8-11(12)13(18)19/h4,7-8,17H,1-3,5-6,9-10H2,(H,15,16)(H,18,19). The van der Waals surface area contributed by atoms with Crippen LogP contribution in [0.4, 0.5) is 5.69 Å². The smallest absolute Gasteiger partial charge is 0.339 e. The number of anilines is 1. The van der Waals surface area contributed by atoms with Gasteiger partial charge in [0.2, 0.25) is 0 Å². The third-order valence-electron chi connectivity index (χ3n) is 3.95. The summed E-state index contributed by atoms with van der Waals surface area (Å²) >= 11 is 0. The Labute approximate surface area is 112 Å². The number of aromatic nitrogens is 1. The minimum Gasteiger partial charge on any atom is -0.478 e. The first-order valence-corrected chi connectivity index (χ1v) is 6.69. The summed E-state index contributed by atoms with van der Waals surface area (Å²) in [6.07, 6.45) is 8.37. The molecule has 0 atom stereocenters. The Balaban J connectivity index is 2.07. The van der Waals surface area contributed by atoms with Crippen LogP contribution < -0.4 is 5.32 Å². The molecule has 1 aromatic rings. The van der Waals surface area contributed by atoms with Crippen LogP contribution in [0.1, 0.15) is 42.5 Å². The predicted octanol–water partition coefficient (Wildman–Crippen LogP) is 2.13. The molecule has 0 spiro atoms. The number of carbonyl (C=O) groups is 1. The molecule has 1 fully saturated rings. The number of hydrogen-bond donors (Lipinski definition) is 3. The zero-order chi connectivity index (χ0) is 13.7. The fraction of sp³-hybridized carbons (Fsp3) is 0.571. The molecule has 0 saturated heterocycles. The maximum absolute atomic E-state index is 11.1. The summed E-state index contributed by atoms with van der Waals surface area (Å²) in [6.45, 7) is 0.751. The van der Waals surface area contributed by atoms with Gasteiger partial charge in [0.15, 0.2) is 0 Å². The molecule has 0 unspecified atom stereocenters. The third kappa shape index (κ3) is 3.23. The number of hydrogen-bond acceptors (Lipinski definition) is 4. The van der Waals surface area contributed by atoms with E-state index in [4.69, 9.17) is 5.11 Å². The monoisotopic (exact) mass is 264 g/mol. The van der Waals surface area contributed by atoms with Crippen LogP contribution in [0.3, 0.4) is 0 Å². The van der Waals surface area contributed by atoms with E-state index in [-0.39, 0.29) is 17.6 Å². The topological polar surface area (TPSA) is 82.5 Å². The van der Waals surface area contributed by atoms with Gasteiger partial charge in [0.25, 0.3) is 0 Å². The molecule has 0 aliphatic heterocycles. The van der Waals surface area contributed by atoms with Crippen molar-refractivity contribution in [3.8, 4) is 0 Å². The average Bonchev–Trinajstić information content (AvgIpc) is 2.46. The Morgan fingerprint density at radius 3 is 2.74 bits per heavy atom. The van der Waals surface area contributed by atoms with Gasteiger partial charge in [-0.25, -0.2) is 4.79 Å². The number of nitrogens with zero attached hydrogens (tertiary/aromatic N) is 1. The molecular weight excluding hydrogens is 244 g/mol. The number of aliphatic hydroxyl groups is 1. The number of carboxylic acid groups (broad SMARTS) is 1. The summed E-state index contributed by atoms with van der Waals surface area (Å²) in [5, 5.41) is 21.9. The van der Waals surface area contributed by atoms with Gasteiger partial charge in [-0.05, 0) is 18.9 Å². The lowest BCUT2D eigenvalue weighted by molar-refractivity contribution is 0.0697. The zero-order valence-electron chi connectivity index (χ0n) is 10.9. The van der Waals surface area contributed by atoms with Crippen LogP contribution in [0.5, 0.6) is 0 Å². The van der Waals surface area contributed by atoms with Crippen LogP contribution in [-0.2, 0) is 0 Å². The van der Waals surface area contributed by atoms with E-state index in [9.17, 15) is 9.90 Å². The molecule has 19 heavy (non-hydrogen) atoms. The highest BCUT2D eigenvalue weighted by atomic mass is 16.4. The highest BCUT2D eigenvalue weighted by molar-refractivity contribution is 5.93. The predicted molar refractivity (Wildman–Crippen MR) is 72.3 cm³/mol. The van der Waals surface area contributed by atoms with E-state index in [2.05, 4.69) is 10.3 Å². The summed E-state index contributed by atoms with van der Waals surface area (Å²) < 4.78 is 0. The van der Waals surface area contributed by atoms with Crippen molar-refractivity contribution in [1.29, 1.82) is 0 Å². The first kappa shape index (κ1) is 13.8. The normalized spacial score (nSPS) is 17.9. The lowest BCUT2D eigenvalue weighted by atomic mass is 9.74.